The Morgan fingerprint density at radius 3 is 2.35 bits per heavy atom. The van der Waals surface area contributed by atoms with Gasteiger partial charge in [0.25, 0.3) is 0 Å². The van der Waals surface area contributed by atoms with Crippen molar-refractivity contribution in [2.75, 3.05) is 7.05 Å². The molecule has 0 heterocycles. The van der Waals surface area contributed by atoms with Crippen molar-refractivity contribution in [1.29, 1.82) is 0 Å². The summed E-state index contributed by atoms with van der Waals surface area (Å²) >= 11 is 0. The Balaban J connectivity index is 3.11. The van der Waals surface area contributed by atoms with E-state index in [1.807, 2.05) is 0 Å². The fourth-order valence-electron chi connectivity index (χ4n) is 1.48. The van der Waals surface area contributed by atoms with Crippen LogP contribution in [0.5, 0.6) is 0 Å². The number of carbonyl (C=O) groups is 1. The molecule has 0 aliphatic carbocycles. The second-order valence-electron chi connectivity index (χ2n) is 3.90. The molecule has 0 spiro atoms. The Hall–Kier alpha value is -1.36. The van der Waals surface area contributed by atoms with Crippen molar-refractivity contribution in [3.63, 3.8) is 0 Å². The number of nitrogens with one attached hydrogen (secondary N) is 1. The van der Waals surface area contributed by atoms with Gasteiger partial charge in [0, 0.05) is 5.56 Å². The molecule has 0 amide bonds. The van der Waals surface area contributed by atoms with Crippen LogP contribution in [-0.2, 0) is 6.18 Å². The molecular formula is C12H14F3NO. The van der Waals surface area contributed by atoms with Gasteiger partial charge >= 0.3 is 6.18 Å². The van der Waals surface area contributed by atoms with Crippen LogP contribution in [0.3, 0.4) is 0 Å². The van der Waals surface area contributed by atoms with E-state index in [2.05, 4.69) is 5.32 Å². The molecule has 0 fully saturated rings. The number of benzene rings is 1. The summed E-state index contributed by atoms with van der Waals surface area (Å²) in [5.74, 6) is -0.210. The first-order valence-corrected chi connectivity index (χ1v) is 5.16. The van der Waals surface area contributed by atoms with E-state index in [-0.39, 0.29) is 5.78 Å². The van der Waals surface area contributed by atoms with Crippen LogP contribution >= 0.6 is 0 Å². The number of carbonyl (C=O) groups excluding carboxylic acids is 1. The molecule has 1 N–H and O–H groups in total. The number of ketones is 1. The zero-order valence-electron chi connectivity index (χ0n) is 9.85. The fourth-order valence-corrected chi connectivity index (χ4v) is 1.48. The SMILES string of the molecule is CNC(C)C(=O)c1ccc(C(F)(F)F)cc1C. The monoisotopic (exact) mass is 245 g/mol. The third-order valence-corrected chi connectivity index (χ3v) is 2.65. The van der Waals surface area contributed by atoms with Gasteiger partial charge in [-0.3, -0.25) is 4.79 Å². The minimum Gasteiger partial charge on any atom is -0.310 e. The molecular weight excluding hydrogens is 231 g/mol. The Kier molecular flexibility index (Phi) is 3.93. The number of hydrogen-bond donors (Lipinski definition) is 1. The number of rotatable bonds is 3. The van der Waals surface area contributed by atoms with Crippen molar-refractivity contribution in [2.24, 2.45) is 0 Å². The summed E-state index contributed by atoms with van der Waals surface area (Å²) in [6, 6.07) is 2.75. The maximum absolute atomic E-state index is 12.4. The van der Waals surface area contributed by atoms with Crippen LogP contribution in [0.4, 0.5) is 13.2 Å². The summed E-state index contributed by atoms with van der Waals surface area (Å²) in [5, 5.41) is 2.76. The van der Waals surface area contributed by atoms with Crippen molar-refractivity contribution in [3.05, 3.63) is 34.9 Å². The first-order valence-electron chi connectivity index (χ1n) is 5.16. The van der Waals surface area contributed by atoms with Gasteiger partial charge in [-0.05, 0) is 38.6 Å². The highest BCUT2D eigenvalue weighted by molar-refractivity contribution is 6.01. The lowest BCUT2D eigenvalue weighted by Crippen LogP contribution is -2.31. The van der Waals surface area contributed by atoms with Crippen LogP contribution < -0.4 is 5.32 Å². The number of halogens is 3. The topological polar surface area (TPSA) is 29.1 Å². The van der Waals surface area contributed by atoms with Crippen molar-refractivity contribution in [2.45, 2.75) is 26.1 Å². The minimum atomic E-state index is -4.37. The van der Waals surface area contributed by atoms with Crippen LogP contribution in [0, 0.1) is 6.92 Å². The summed E-state index contributed by atoms with van der Waals surface area (Å²) in [4.78, 5) is 11.8. The summed E-state index contributed by atoms with van der Waals surface area (Å²) in [7, 11) is 1.63. The molecule has 0 aromatic heterocycles. The van der Waals surface area contributed by atoms with E-state index in [0.29, 0.717) is 11.1 Å². The second kappa shape index (κ2) is 4.87. The van der Waals surface area contributed by atoms with Gasteiger partial charge in [0.1, 0.15) is 0 Å². The number of Topliss-reactive ketones (excluding diaryl/α,β-unsaturated/α-hetero) is 1. The van der Waals surface area contributed by atoms with E-state index in [0.717, 1.165) is 12.1 Å². The highest BCUT2D eigenvalue weighted by atomic mass is 19.4. The highest BCUT2D eigenvalue weighted by Crippen LogP contribution is 2.30. The third kappa shape index (κ3) is 3.06. The van der Waals surface area contributed by atoms with Gasteiger partial charge in [0.2, 0.25) is 0 Å². The largest absolute Gasteiger partial charge is 0.416 e. The lowest BCUT2D eigenvalue weighted by atomic mass is 9.98. The Morgan fingerprint density at radius 1 is 1.35 bits per heavy atom. The van der Waals surface area contributed by atoms with Gasteiger partial charge in [0.05, 0.1) is 11.6 Å². The normalized spacial score (nSPS) is 13.5. The average Bonchev–Trinajstić information content (AvgIpc) is 2.25. The molecule has 94 valence electrons. The quantitative estimate of drug-likeness (QED) is 0.830. The third-order valence-electron chi connectivity index (χ3n) is 2.65. The molecule has 0 aliphatic rings. The number of likely N-dealkylation sites (N-methyl/N-ethyl adjacent to an activating group) is 1. The van der Waals surface area contributed by atoms with Crippen LogP contribution in [0.25, 0.3) is 0 Å². The van der Waals surface area contributed by atoms with Gasteiger partial charge in [-0.2, -0.15) is 13.2 Å². The molecule has 1 atom stereocenters. The maximum atomic E-state index is 12.4. The molecule has 1 unspecified atom stereocenters. The summed E-state index contributed by atoms with van der Waals surface area (Å²) < 4.78 is 37.3. The van der Waals surface area contributed by atoms with Gasteiger partial charge in [-0.15, -0.1) is 0 Å². The molecule has 0 bridgehead atoms. The number of hydrogen-bond acceptors (Lipinski definition) is 2. The lowest BCUT2D eigenvalue weighted by Gasteiger charge is -2.13. The minimum absolute atomic E-state index is 0.210. The van der Waals surface area contributed by atoms with Crippen LogP contribution in [-0.4, -0.2) is 18.9 Å². The van der Waals surface area contributed by atoms with Gasteiger partial charge in [-0.25, -0.2) is 0 Å². The average molecular weight is 245 g/mol. The number of aryl methyl sites for hydroxylation is 1. The molecule has 0 saturated heterocycles. The zero-order valence-corrected chi connectivity index (χ0v) is 9.85. The molecule has 0 aliphatic heterocycles. The smallest absolute Gasteiger partial charge is 0.310 e. The van der Waals surface area contributed by atoms with Crippen LogP contribution in [0.1, 0.15) is 28.4 Å². The van der Waals surface area contributed by atoms with E-state index in [1.165, 1.54) is 13.0 Å². The van der Waals surface area contributed by atoms with Crippen molar-refractivity contribution in [3.8, 4) is 0 Å². The lowest BCUT2D eigenvalue weighted by molar-refractivity contribution is -0.137. The predicted molar refractivity (Wildman–Crippen MR) is 59.0 cm³/mol. The molecule has 1 aromatic carbocycles. The van der Waals surface area contributed by atoms with Gasteiger partial charge < -0.3 is 5.32 Å². The van der Waals surface area contributed by atoms with Crippen molar-refractivity contribution >= 4 is 5.78 Å². The highest BCUT2D eigenvalue weighted by Gasteiger charge is 2.31. The second-order valence-corrected chi connectivity index (χ2v) is 3.90. The van der Waals surface area contributed by atoms with Gasteiger partial charge in [0.15, 0.2) is 5.78 Å². The molecule has 1 rings (SSSR count). The Morgan fingerprint density at radius 2 is 1.94 bits per heavy atom. The Labute approximate surface area is 97.8 Å². The number of alkyl halides is 3. The summed E-state index contributed by atoms with van der Waals surface area (Å²) in [6.07, 6.45) is -4.37. The first-order chi connectivity index (χ1) is 7.77. The van der Waals surface area contributed by atoms with E-state index in [1.54, 1.807) is 14.0 Å². The van der Waals surface area contributed by atoms with Crippen LogP contribution in [0.2, 0.25) is 0 Å². The van der Waals surface area contributed by atoms with Crippen LogP contribution in [0.15, 0.2) is 18.2 Å². The van der Waals surface area contributed by atoms with Crippen molar-refractivity contribution in [1.82, 2.24) is 5.32 Å². The maximum Gasteiger partial charge on any atom is 0.416 e. The zero-order chi connectivity index (χ0) is 13.2. The van der Waals surface area contributed by atoms with Crippen molar-refractivity contribution < 1.29 is 18.0 Å². The standard InChI is InChI=1S/C12H14F3NO/c1-7-6-9(12(13,14)15)4-5-10(7)11(17)8(2)16-3/h4-6,8,16H,1-3H3. The fraction of sp³-hybridized carbons (Fsp3) is 0.417. The molecule has 0 saturated carbocycles. The molecule has 2 nitrogen and oxygen atoms in total. The molecule has 5 heteroatoms. The van der Waals surface area contributed by atoms with E-state index in [9.17, 15) is 18.0 Å². The van der Waals surface area contributed by atoms with E-state index >= 15 is 0 Å². The molecule has 0 radical (unpaired) electrons. The molecule has 1 aromatic rings. The Bertz CT molecular complexity index is 426. The van der Waals surface area contributed by atoms with E-state index in [4.69, 9.17) is 0 Å². The van der Waals surface area contributed by atoms with Gasteiger partial charge in [-0.1, -0.05) is 6.07 Å². The summed E-state index contributed by atoms with van der Waals surface area (Å²) in [5.41, 5.74) is -0.0737. The first kappa shape index (κ1) is 13.7. The summed E-state index contributed by atoms with van der Waals surface area (Å²) in [6.45, 7) is 3.17. The van der Waals surface area contributed by atoms with E-state index < -0.39 is 17.8 Å². The molecule has 17 heavy (non-hydrogen) atoms. The predicted octanol–water partition coefficient (Wildman–Crippen LogP) is 2.80.